The number of aliphatic carboxylic acids is 1. The summed E-state index contributed by atoms with van der Waals surface area (Å²) in [6.07, 6.45) is 6.09. The van der Waals surface area contributed by atoms with E-state index >= 15 is 0 Å². The first kappa shape index (κ1) is 26.0. The highest BCUT2D eigenvalue weighted by atomic mass is 35.5. The van der Waals surface area contributed by atoms with E-state index in [0.29, 0.717) is 28.5 Å². The van der Waals surface area contributed by atoms with Crippen LogP contribution in [0.15, 0.2) is 36.4 Å². The van der Waals surface area contributed by atoms with Crippen LogP contribution >= 0.6 is 35.1 Å². The van der Waals surface area contributed by atoms with Gasteiger partial charge < -0.3 is 19.9 Å². The van der Waals surface area contributed by atoms with E-state index < -0.39 is 10.0 Å². The SMILES string of the molecule is COc1ccc(CC2(C(=O)O)SCCCS2)cc1CNC(=O)c1ccc(OC2CCCC2)cc1Cl. The quantitative estimate of drug-likeness (QED) is 0.420. The highest BCUT2D eigenvalue weighted by molar-refractivity contribution is 8.19. The van der Waals surface area contributed by atoms with E-state index in [1.807, 2.05) is 18.2 Å². The van der Waals surface area contributed by atoms with Gasteiger partial charge in [-0.25, -0.2) is 4.79 Å². The monoisotopic (exact) mass is 535 g/mol. The molecule has 1 saturated carbocycles. The first-order valence-electron chi connectivity index (χ1n) is 11.8. The lowest BCUT2D eigenvalue weighted by atomic mass is 10.0. The van der Waals surface area contributed by atoms with Crippen molar-refractivity contribution in [1.82, 2.24) is 5.32 Å². The molecular formula is C26H30ClNO5S2. The number of hydrogen-bond donors (Lipinski definition) is 2. The smallest absolute Gasteiger partial charge is 0.330 e. The number of hydrogen-bond acceptors (Lipinski definition) is 6. The number of carbonyl (C=O) groups excluding carboxylic acids is 1. The molecule has 4 rings (SSSR count). The van der Waals surface area contributed by atoms with Crippen molar-refractivity contribution < 1.29 is 24.2 Å². The molecule has 1 heterocycles. The highest BCUT2D eigenvalue weighted by Gasteiger charge is 2.41. The first-order valence-corrected chi connectivity index (χ1v) is 14.2. The number of halogens is 1. The Labute approximate surface area is 219 Å². The standard InChI is InChI=1S/C26H30ClNO5S2/c1-32-23-10-7-17(15-26(25(30)31)34-11-4-12-35-26)13-18(23)16-28-24(29)21-9-8-20(14-22(21)27)33-19-5-2-3-6-19/h7-10,13-14,19H,2-6,11-12,15-16H2,1H3,(H,28,29)(H,30,31). The Balaban J connectivity index is 1.43. The fourth-order valence-corrected chi connectivity index (χ4v) is 7.74. The largest absolute Gasteiger partial charge is 0.496 e. The number of carbonyl (C=O) groups is 2. The van der Waals surface area contributed by atoms with Crippen molar-refractivity contribution in [2.24, 2.45) is 0 Å². The van der Waals surface area contributed by atoms with Gasteiger partial charge in [-0.2, -0.15) is 0 Å². The van der Waals surface area contributed by atoms with Gasteiger partial charge in [-0.3, -0.25) is 4.79 Å². The zero-order chi connectivity index (χ0) is 24.8. The van der Waals surface area contributed by atoms with Crippen LogP contribution in [0.5, 0.6) is 11.5 Å². The molecule has 0 spiro atoms. The molecule has 1 saturated heterocycles. The molecule has 2 N–H and O–H groups in total. The van der Waals surface area contributed by atoms with E-state index in [0.717, 1.165) is 41.9 Å². The van der Waals surface area contributed by atoms with E-state index in [1.165, 1.54) is 36.4 Å². The van der Waals surface area contributed by atoms with Crippen molar-refractivity contribution in [3.8, 4) is 11.5 Å². The summed E-state index contributed by atoms with van der Waals surface area (Å²) in [7, 11) is 1.58. The summed E-state index contributed by atoms with van der Waals surface area (Å²) in [6, 6.07) is 10.8. The third-order valence-corrected chi connectivity index (χ3v) is 9.87. The van der Waals surface area contributed by atoms with Gasteiger partial charge >= 0.3 is 5.97 Å². The van der Waals surface area contributed by atoms with Crippen LogP contribution in [-0.2, 0) is 17.8 Å². The number of methoxy groups -OCH3 is 1. The Morgan fingerprint density at radius 3 is 2.51 bits per heavy atom. The lowest BCUT2D eigenvalue weighted by Gasteiger charge is -2.32. The van der Waals surface area contributed by atoms with Crippen LogP contribution in [0.1, 0.15) is 53.6 Å². The second-order valence-corrected chi connectivity index (χ2v) is 12.2. The average molecular weight is 536 g/mol. The van der Waals surface area contributed by atoms with Crippen molar-refractivity contribution in [2.45, 2.75) is 55.3 Å². The number of amides is 1. The summed E-state index contributed by atoms with van der Waals surface area (Å²) in [5.41, 5.74) is 2.05. The molecule has 2 fully saturated rings. The Morgan fingerprint density at radius 1 is 1.11 bits per heavy atom. The van der Waals surface area contributed by atoms with Gasteiger partial charge in [-0.15, -0.1) is 23.5 Å². The molecule has 0 aromatic heterocycles. The maximum absolute atomic E-state index is 12.9. The molecule has 0 radical (unpaired) electrons. The second-order valence-electron chi connectivity index (χ2n) is 8.78. The number of benzene rings is 2. The van der Waals surface area contributed by atoms with Gasteiger partial charge in [0.05, 0.1) is 23.8 Å². The van der Waals surface area contributed by atoms with Crippen molar-refractivity contribution in [1.29, 1.82) is 0 Å². The van der Waals surface area contributed by atoms with Crippen molar-refractivity contribution in [3.05, 3.63) is 58.1 Å². The molecule has 1 amide bonds. The van der Waals surface area contributed by atoms with Gasteiger partial charge in [0, 0.05) is 18.5 Å². The zero-order valence-corrected chi connectivity index (χ0v) is 22.1. The molecule has 0 atom stereocenters. The summed E-state index contributed by atoms with van der Waals surface area (Å²) < 4.78 is 10.6. The number of ether oxygens (including phenoxy) is 2. The van der Waals surface area contributed by atoms with E-state index in [4.69, 9.17) is 21.1 Å². The van der Waals surface area contributed by atoms with Gasteiger partial charge in [0.25, 0.3) is 5.91 Å². The number of carboxylic acids is 1. The normalized spacial score (nSPS) is 17.7. The lowest BCUT2D eigenvalue weighted by Crippen LogP contribution is -2.37. The summed E-state index contributed by atoms with van der Waals surface area (Å²) >= 11 is 9.39. The van der Waals surface area contributed by atoms with Crippen LogP contribution in [0.4, 0.5) is 0 Å². The third kappa shape index (κ3) is 6.40. The van der Waals surface area contributed by atoms with Gasteiger partial charge in [0.1, 0.15) is 11.5 Å². The maximum atomic E-state index is 12.9. The van der Waals surface area contributed by atoms with Gasteiger partial charge in [-0.1, -0.05) is 23.7 Å². The van der Waals surface area contributed by atoms with Crippen molar-refractivity contribution in [2.75, 3.05) is 18.6 Å². The first-order chi connectivity index (χ1) is 16.9. The van der Waals surface area contributed by atoms with Gasteiger partial charge in [0.15, 0.2) is 4.08 Å². The van der Waals surface area contributed by atoms with E-state index in [1.54, 1.807) is 25.3 Å². The predicted molar refractivity (Wildman–Crippen MR) is 142 cm³/mol. The number of nitrogens with one attached hydrogen (secondary N) is 1. The van der Waals surface area contributed by atoms with Gasteiger partial charge in [0.2, 0.25) is 0 Å². The molecule has 1 aliphatic heterocycles. The third-order valence-electron chi connectivity index (χ3n) is 6.30. The average Bonchev–Trinajstić information content (AvgIpc) is 3.36. The summed E-state index contributed by atoms with van der Waals surface area (Å²) in [4.78, 5) is 24.9. The van der Waals surface area contributed by atoms with Crippen LogP contribution in [0.25, 0.3) is 0 Å². The van der Waals surface area contributed by atoms with Crippen molar-refractivity contribution >= 4 is 47.0 Å². The van der Waals surface area contributed by atoms with Gasteiger partial charge in [-0.05, 0) is 73.4 Å². The minimum absolute atomic E-state index is 0.219. The van der Waals surface area contributed by atoms with Crippen molar-refractivity contribution in [3.63, 3.8) is 0 Å². The molecule has 6 nitrogen and oxygen atoms in total. The summed E-state index contributed by atoms with van der Waals surface area (Å²) in [5, 5.41) is 13.2. The molecule has 0 bridgehead atoms. The minimum Gasteiger partial charge on any atom is -0.496 e. The van der Waals surface area contributed by atoms with E-state index in [-0.39, 0.29) is 18.6 Å². The minimum atomic E-state index is -0.886. The summed E-state index contributed by atoms with van der Waals surface area (Å²) in [5.74, 6) is 1.89. The molecule has 2 aromatic rings. The van der Waals surface area contributed by atoms with Crippen LogP contribution in [-0.4, -0.2) is 45.8 Å². The molecule has 9 heteroatoms. The number of carboxylic acid groups (broad SMARTS) is 1. The Kier molecular flexibility index (Phi) is 8.78. The Hall–Kier alpha value is -2.03. The van der Waals surface area contributed by atoms with Crippen LogP contribution in [0.3, 0.4) is 0 Å². The zero-order valence-electron chi connectivity index (χ0n) is 19.7. The number of thioether (sulfide) groups is 2. The second kappa shape index (κ2) is 11.8. The molecule has 2 aliphatic rings. The lowest BCUT2D eigenvalue weighted by molar-refractivity contribution is -0.137. The predicted octanol–water partition coefficient (Wildman–Crippen LogP) is 5.79. The molecule has 2 aromatic carbocycles. The Morgan fingerprint density at radius 2 is 1.86 bits per heavy atom. The number of rotatable bonds is 9. The fraction of sp³-hybridized carbons (Fsp3) is 0.462. The van der Waals surface area contributed by atoms with Crippen LogP contribution < -0.4 is 14.8 Å². The Bertz CT molecular complexity index is 1070. The highest BCUT2D eigenvalue weighted by Crippen LogP contribution is 2.45. The molecule has 188 valence electrons. The fourth-order valence-electron chi connectivity index (χ4n) is 4.45. The van der Waals surface area contributed by atoms with Crippen LogP contribution in [0, 0.1) is 0 Å². The van der Waals surface area contributed by atoms with E-state index in [9.17, 15) is 14.7 Å². The molecule has 35 heavy (non-hydrogen) atoms. The molecule has 0 unspecified atom stereocenters. The van der Waals surface area contributed by atoms with Crippen LogP contribution in [0.2, 0.25) is 5.02 Å². The molecular weight excluding hydrogens is 506 g/mol. The topological polar surface area (TPSA) is 84.9 Å². The maximum Gasteiger partial charge on any atom is 0.330 e. The van der Waals surface area contributed by atoms with E-state index in [2.05, 4.69) is 5.32 Å². The molecule has 1 aliphatic carbocycles. The summed E-state index contributed by atoms with van der Waals surface area (Å²) in [6.45, 7) is 0.229.